The molecule has 2 N–H and O–H groups in total. The van der Waals surface area contributed by atoms with Crippen LogP contribution in [-0.4, -0.2) is 61.2 Å². The van der Waals surface area contributed by atoms with Gasteiger partial charge in [0.15, 0.2) is 0 Å². The molecule has 1 aromatic carbocycles. The maximum Gasteiger partial charge on any atom is 0.0869 e. The van der Waals surface area contributed by atoms with Crippen LogP contribution < -0.4 is 10.6 Å². The number of hydrogen-bond donors (Lipinski definition) is 2. The third-order valence-corrected chi connectivity index (χ3v) is 4.87. The van der Waals surface area contributed by atoms with Gasteiger partial charge in [0.2, 0.25) is 0 Å². The zero-order valence-electron chi connectivity index (χ0n) is 11.2. The van der Waals surface area contributed by atoms with Crippen molar-refractivity contribution in [3.63, 3.8) is 0 Å². The minimum atomic E-state index is 0.509. The fourth-order valence-corrected chi connectivity index (χ4v) is 3.85. The maximum atomic E-state index is 3.52. The monoisotopic (exact) mass is 278 g/mol. The number of thioether (sulfide) groups is 1. The lowest BCUT2D eigenvalue weighted by molar-refractivity contribution is -0.0526. The van der Waals surface area contributed by atoms with Gasteiger partial charge in [-0.05, 0) is 12.1 Å². The van der Waals surface area contributed by atoms with E-state index < -0.39 is 0 Å². The van der Waals surface area contributed by atoms with Crippen LogP contribution in [-0.2, 0) is 0 Å². The molecule has 5 heteroatoms. The van der Waals surface area contributed by atoms with Crippen molar-refractivity contribution in [3.8, 4) is 0 Å². The van der Waals surface area contributed by atoms with Gasteiger partial charge in [0.25, 0.3) is 0 Å². The molecule has 0 bridgehead atoms. The second-order valence-corrected chi connectivity index (χ2v) is 6.21. The van der Waals surface area contributed by atoms with Crippen molar-refractivity contribution >= 4 is 11.8 Å². The molecule has 3 rings (SSSR count). The van der Waals surface area contributed by atoms with Crippen molar-refractivity contribution in [3.05, 3.63) is 30.3 Å². The first-order valence-corrected chi connectivity index (χ1v) is 7.96. The summed E-state index contributed by atoms with van der Waals surface area (Å²) in [5.41, 5.74) is 0. The molecule has 1 atom stereocenters. The fraction of sp³-hybridized carbons (Fsp3) is 0.571. The Morgan fingerprint density at radius 1 is 0.947 bits per heavy atom. The van der Waals surface area contributed by atoms with Crippen LogP contribution in [0.3, 0.4) is 0 Å². The number of rotatable bonds is 3. The Bertz CT molecular complexity index is 380. The van der Waals surface area contributed by atoms with E-state index in [0.717, 1.165) is 45.8 Å². The topological polar surface area (TPSA) is 30.5 Å². The fourth-order valence-electron chi connectivity index (χ4n) is 2.66. The number of nitrogens with zero attached hydrogens (tertiary/aromatic N) is 2. The highest BCUT2D eigenvalue weighted by molar-refractivity contribution is 7.99. The van der Waals surface area contributed by atoms with Gasteiger partial charge in [0.05, 0.1) is 5.37 Å². The van der Waals surface area contributed by atoms with E-state index in [4.69, 9.17) is 0 Å². The van der Waals surface area contributed by atoms with Crippen LogP contribution >= 0.6 is 11.8 Å². The van der Waals surface area contributed by atoms with Gasteiger partial charge in [-0.3, -0.25) is 0 Å². The van der Waals surface area contributed by atoms with Crippen molar-refractivity contribution < 1.29 is 0 Å². The Morgan fingerprint density at radius 3 is 2.47 bits per heavy atom. The highest BCUT2D eigenvalue weighted by atomic mass is 32.2. The average Bonchev–Trinajstić information content (AvgIpc) is 2.50. The summed E-state index contributed by atoms with van der Waals surface area (Å²) in [7, 11) is 0. The molecule has 2 fully saturated rings. The molecular weight excluding hydrogens is 256 g/mol. The molecular formula is C14H22N4S. The molecule has 2 heterocycles. The first-order valence-electron chi connectivity index (χ1n) is 7.08. The summed E-state index contributed by atoms with van der Waals surface area (Å²) in [6.45, 7) is 7.74. The van der Waals surface area contributed by atoms with Crippen molar-refractivity contribution in [2.45, 2.75) is 10.3 Å². The summed E-state index contributed by atoms with van der Waals surface area (Å²) < 4.78 is 0. The second kappa shape index (κ2) is 6.72. The molecule has 0 aromatic heterocycles. The molecule has 0 aliphatic carbocycles. The number of nitrogens with one attached hydrogen (secondary N) is 2. The molecule has 0 amide bonds. The second-order valence-electron chi connectivity index (χ2n) is 4.96. The summed E-state index contributed by atoms with van der Waals surface area (Å²) in [6, 6.07) is 10.7. The van der Waals surface area contributed by atoms with Crippen LogP contribution in [0, 0.1) is 0 Å². The average molecular weight is 278 g/mol. The first-order chi connectivity index (χ1) is 9.43. The predicted octanol–water partition coefficient (Wildman–Crippen LogP) is 0.830. The van der Waals surface area contributed by atoms with Gasteiger partial charge in [-0.2, -0.15) is 0 Å². The lowest BCUT2D eigenvalue weighted by Crippen LogP contribution is -2.61. The minimum absolute atomic E-state index is 0.509. The maximum absolute atomic E-state index is 3.52. The normalized spacial score (nSPS) is 26.4. The van der Waals surface area contributed by atoms with Gasteiger partial charge in [0, 0.05) is 50.7 Å². The summed E-state index contributed by atoms with van der Waals surface area (Å²) in [4.78, 5) is 1.36. The molecule has 2 aliphatic rings. The van der Waals surface area contributed by atoms with E-state index in [1.165, 1.54) is 4.90 Å². The lowest BCUT2D eigenvalue weighted by atomic mass is 10.3. The minimum Gasteiger partial charge on any atom is -0.314 e. The summed E-state index contributed by atoms with van der Waals surface area (Å²) >= 11 is 1.97. The molecule has 1 unspecified atom stereocenters. The van der Waals surface area contributed by atoms with Gasteiger partial charge >= 0.3 is 0 Å². The third-order valence-electron chi connectivity index (χ3n) is 3.64. The highest BCUT2D eigenvalue weighted by Crippen LogP contribution is 2.27. The van der Waals surface area contributed by atoms with Crippen LogP contribution in [0.5, 0.6) is 0 Å². The Morgan fingerprint density at radius 2 is 1.68 bits per heavy atom. The Hall–Kier alpha value is -0.590. The molecule has 2 aliphatic heterocycles. The molecule has 2 saturated heterocycles. The molecule has 0 radical (unpaired) electrons. The van der Waals surface area contributed by atoms with Crippen molar-refractivity contribution in [2.24, 2.45) is 0 Å². The SMILES string of the molecule is c1ccc(SC2CNCCN2N2CCNCC2)cc1. The predicted molar refractivity (Wildman–Crippen MR) is 80.1 cm³/mol. The van der Waals surface area contributed by atoms with E-state index >= 15 is 0 Å². The van der Waals surface area contributed by atoms with Crippen LogP contribution in [0.15, 0.2) is 35.2 Å². The molecule has 4 nitrogen and oxygen atoms in total. The number of hydrazine groups is 1. The van der Waals surface area contributed by atoms with Crippen LogP contribution in [0.2, 0.25) is 0 Å². The smallest absolute Gasteiger partial charge is 0.0869 e. The molecule has 0 saturated carbocycles. The van der Waals surface area contributed by atoms with E-state index in [1.54, 1.807) is 0 Å². The largest absolute Gasteiger partial charge is 0.314 e. The highest BCUT2D eigenvalue weighted by Gasteiger charge is 2.28. The van der Waals surface area contributed by atoms with Crippen LogP contribution in [0.1, 0.15) is 0 Å². The summed E-state index contributed by atoms with van der Waals surface area (Å²) in [6.07, 6.45) is 0. The number of benzene rings is 1. The Kier molecular flexibility index (Phi) is 4.74. The quantitative estimate of drug-likeness (QED) is 0.855. The summed E-state index contributed by atoms with van der Waals surface area (Å²) in [5.74, 6) is 0. The van der Waals surface area contributed by atoms with Crippen molar-refractivity contribution in [1.29, 1.82) is 0 Å². The molecule has 104 valence electrons. The van der Waals surface area contributed by atoms with E-state index in [2.05, 4.69) is 51.0 Å². The van der Waals surface area contributed by atoms with E-state index in [1.807, 2.05) is 11.8 Å². The van der Waals surface area contributed by atoms with Gasteiger partial charge < -0.3 is 10.6 Å². The van der Waals surface area contributed by atoms with E-state index in [0.29, 0.717) is 5.37 Å². The van der Waals surface area contributed by atoms with Gasteiger partial charge in [-0.1, -0.05) is 18.2 Å². The third kappa shape index (κ3) is 3.49. The van der Waals surface area contributed by atoms with E-state index in [9.17, 15) is 0 Å². The Balaban J connectivity index is 1.66. The Labute approximate surface area is 119 Å². The molecule has 0 spiro atoms. The van der Waals surface area contributed by atoms with Crippen molar-refractivity contribution in [1.82, 2.24) is 20.7 Å². The van der Waals surface area contributed by atoms with Crippen molar-refractivity contribution in [2.75, 3.05) is 45.8 Å². The van der Waals surface area contributed by atoms with E-state index in [-0.39, 0.29) is 0 Å². The zero-order valence-corrected chi connectivity index (χ0v) is 12.0. The van der Waals surface area contributed by atoms with Gasteiger partial charge in [-0.25, -0.2) is 10.0 Å². The summed E-state index contributed by atoms with van der Waals surface area (Å²) in [5, 5.41) is 12.5. The molecule has 19 heavy (non-hydrogen) atoms. The standard InChI is InChI=1S/C14H22N4S/c1-2-4-13(5-3-1)19-14-12-16-8-11-18(14)17-9-6-15-7-10-17/h1-5,14-16H,6-12H2. The molecule has 1 aromatic rings. The lowest BCUT2D eigenvalue weighted by Gasteiger charge is -2.44. The van der Waals surface area contributed by atoms with Crippen LogP contribution in [0.25, 0.3) is 0 Å². The van der Waals surface area contributed by atoms with Crippen LogP contribution in [0.4, 0.5) is 0 Å². The first kappa shape index (κ1) is 13.4. The number of piperazine rings is 2. The van der Waals surface area contributed by atoms with Gasteiger partial charge in [-0.15, -0.1) is 11.8 Å². The van der Waals surface area contributed by atoms with Gasteiger partial charge in [0.1, 0.15) is 0 Å². The zero-order chi connectivity index (χ0) is 12.9. The number of hydrogen-bond acceptors (Lipinski definition) is 5.